The quantitative estimate of drug-likeness (QED) is 0.803. The Hall–Kier alpha value is -2.33. The fraction of sp³-hybridized carbons (Fsp3) is 0.474. The van der Waals surface area contributed by atoms with Crippen molar-refractivity contribution in [2.24, 2.45) is 0 Å². The smallest absolute Gasteiger partial charge is 0.237 e. The molecular weight excluding hydrogens is 346 g/mol. The molecule has 0 bridgehead atoms. The van der Waals surface area contributed by atoms with Crippen LogP contribution >= 0.6 is 11.8 Å². The van der Waals surface area contributed by atoms with E-state index in [0.717, 1.165) is 23.8 Å². The van der Waals surface area contributed by atoms with Crippen molar-refractivity contribution in [1.82, 2.24) is 14.8 Å². The van der Waals surface area contributed by atoms with Crippen molar-refractivity contribution >= 4 is 23.4 Å². The molecule has 1 aromatic carbocycles. The number of rotatable bonds is 5. The average Bonchev–Trinajstić information content (AvgIpc) is 3.03. The molecule has 26 heavy (non-hydrogen) atoms. The number of benzene rings is 1. The van der Waals surface area contributed by atoms with Crippen LogP contribution < -0.4 is 5.32 Å². The van der Waals surface area contributed by atoms with Crippen LogP contribution in [0.1, 0.15) is 56.5 Å². The van der Waals surface area contributed by atoms with Crippen molar-refractivity contribution < 1.29 is 4.79 Å². The van der Waals surface area contributed by atoms with Gasteiger partial charge in [0.25, 0.3) is 0 Å². The van der Waals surface area contributed by atoms with E-state index in [1.807, 2.05) is 13.8 Å². The second-order valence-electron chi connectivity index (χ2n) is 6.63. The Bertz CT molecular complexity index is 802. The molecule has 1 amide bonds. The van der Waals surface area contributed by atoms with E-state index in [9.17, 15) is 4.79 Å². The molecule has 1 heterocycles. The van der Waals surface area contributed by atoms with Crippen LogP contribution in [0.2, 0.25) is 0 Å². The average molecular weight is 369 g/mol. The molecule has 7 heteroatoms. The molecule has 0 aliphatic heterocycles. The third-order valence-electron chi connectivity index (χ3n) is 4.71. The van der Waals surface area contributed by atoms with E-state index in [1.165, 1.54) is 31.0 Å². The third-order valence-corrected chi connectivity index (χ3v) is 5.76. The summed E-state index contributed by atoms with van der Waals surface area (Å²) in [5.74, 6) is 0.828. The summed E-state index contributed by atoms with van der Waals surface area (Å²) in [6, 6.07) is 9.37. The predicted molar refractivity (Wildman–Crippen MR) is 102 cm³/mol. The largest absolute Gasteiger partial charge is 0.325 e. The zero-order valence-corrected chi connectivity index (χ0v) is 15.9. The van der Waals surface area contributed by atoms with Crippen molar-refractivity contribution in [3.05, 3.63) is 35.7 Å². The molecule has 0 saturated heterocycles. The van der Waals surface area contributed by atoms with E-state index < -0.39 is 0 Å². The van der Waals surface area contributed by atoms with Crippen molar-refractivity contribution in [2.45, 2.75) is 62.4 Å². The van der Waals surface area contributed by atoms with Gasteiger partial charge < -0.3 is 9.88 Å². The van der Waals surface area contributed by atoms with Gasteiger partial charge in [-0.25, -0.2) is 0 Å². The fourth-order valence-electron chi connectivity index (χ4n) is 3.27. The second kappa shape index (κ2) is 8.37. The fourth-order valence-corrected chi connectivity index (χ4v) is 4.24. The summed E-state index contributed by atoms with van der Waals surface area (Å²) >= 11 is 1.44. The monoisotopic (exact) mass is 369 g/mol. The van der Waals surface area contributed by atoms with Crippen LogP contribution in [0.3, 0.4) is 0 Å². The summed E-state index contributed by atoms with van der Waals surface area (Å²) in [7, 11) is 0. The Morgan fingerprint density at radius 2 is 1.96 bits per heavy atom. The number of aryl methyl sites for hydroxylation is 1. The minimum atomic E-state index is -0.295. The molecule has 1 N–H and O–H groups in total. The van der Waals surface area contributed by atoms with Gasteiger partial charge in [-0.1, -0.05) is 31.0 Å². The van der Waals surface area contributed by atoms with Gasteiger partial charge in [0.1, 0.15) is 5.82 Å². The number of carbonyl (C=O) groups excluding carboxylic acids is 1. The number of hydrogen-bond donors (Lipinski definition) is 1. The van der Waals surface area contributed by atoms with Gasteiger partial charge in [0.05, 0.1) is 16.9 Å². The van der Waals surface area contributed by atoms with Crippen LogP contribution in [0.15, 0.2) is 29.4 Å². The molecule has 1 saturated carbocycles. The minimum Gasteiger partial charge on any atom is -0.325 e. The highest BCUT2D eigenvalue weighted by Gasteiger charge is 2.24. The molecule has 1 fully saturated rings. The summed E-state index contributed by atoms with van der Waals surface area (Å²) in [4.78, 5) is 12.5. The lowest BCUT2D eigenvalue weighted by Gasteiger charge is -2.25. The highest BCUT2D eigenvalue weighted by atomic mass is 32.2. The first-order chi connectivity index (χ1) is 12.6. The molecule has 1 aliphatic carbocycles. The molecule has 1 aromatic heterocycles. The SMILES string of the molecule is Cc1nnc(S[C@@H](C)C(=O)Nc2ccc(C#N)cc2)n1C1CCCCC1. The number of anilines is 1. The lowest BCUT2D eigenvalue weighted by atomic mass is 9.95. The van der Waals surface area contributed by atoms with E-state index in [-0.39, 0.29) is 11.2 Å². The molecule has 0 unspecified atom stereocenters. The highest BCUT2D eigenvalue weighted by molar-refractivity contribution is 8.00. The van der Waals surface area contributed by atoms with Crippen molar-refractivity contribution in [3.63, 3.8) is 0 Å². The van der Waals surface area contributed by atoms with Gasteiger partial charge in [-0.3, -0.25) is 4.79 Å². The van der Waals surface area contributed by atoms with Crippen LogP contribution in [0, 0.1) is 18.3 Å². The lowest BCUT2D eigenvalue weighted by Crippen LogP contribution is -2.23. The van der Waals surface area contributed by atoms with E-state index in [1.54, 1.807) is 24.3 Å². The van der Waals surface area contributed by atoms with Gasteiger partial charge in [0.15, 0.2) is 5.16 Å². The van der Waals surface area contributed by atoms with Gasteiger partial charge in [-0.05, 0) is 51.0 Å². The Labute approximate surface area is 158 Å². The van der Waals surface area contributed by atoms with E-state index in [2.05, 4.69) is 26.2 Å². The van der Waals surface area contributed by atoms with Gasteiger partial charge >= 0.3 is 0 Å². The number of aromatic nitrogens is 3. The van der Waals surface area contributed by atoms with Crippen LogP contribution in [0.25, 0.3) is 0 Å². The van der Waals surface area contributed by atoms with E-state index in [4.69, 9.17) is 5.26 Å². The maximum atomic E-state index is 12.5. The van der Waals surface area contributed by atoms with Crippen LogP contribution in [0.5, 0.6) is 0 Å². The van der Waals surface area contributed by atoms with Gasteiger partial charge in [0, 0.05) is 11.7 Å². The summed E-state index contributed by atoms with van der Waals surface area (Å²) in [6.45, 7) is 3.85. The first-order valence-electron chi connectivity index (χ1n) is 8.97. The third kappa shape index (κ3) is 4.25. The van der Waals surface area contributed by atoms with Gasteiger partial charge in [-0.15, -0.1) is 10.2 Å². The summed E-state index contributed by atoms with van der Waals surface area (Å²) < 4.78 is 2.20. The maximum absolute atomic E-state index is 12.5. The molecule has 2 aromatic rings. The molecule has 3 rings (SSSR count). The topological polar surface area (TPSA) is 83.6 Å². The molecule has 0 radical (unpaired) electrons. The number of nitriles is 1. The Kier molecular flexibility index (Phi) is 5.94. The molecule has 136 valence electrons. The Morgan fingerprint density at radius 3 is 2.62 bits per heavy atom. The minimum absolute atomic E-state index is 0.0874. The number of hydrogen-bond acceptors (Lipinski definition) is 5. The number of nitrogens with zero attached hydrogens (tertiary/aromatic N) is 4. The first-order valence-corrected chi connectivity index (χ1v) is 9.85. The van der Waals surface area contributed by atoms with Crippen LogP contribution in [0.4, 0.5) is 5.69 Å². The maximum Gasteiger partial charge on any atom is 0.237 e. The van der Waals surface area contributed by atoms with E-state index in [0.29, 0.717) is 17.3 Å². The van der Waals surface area contributed by atoms with Crippen molar-refractivity contribution in [2.75, 3.05) is 5.32 Å². The molecule has 6 nitrogen and oxygen atoms in total. The summed E-state index contributed by atoms with van der Waals surface area (Å²) in [5, 5.41) is 20.8. The lowest BCUT2D eigenvalue weighted by molar-refractivity contribution is -0.115. The van der Waals surface area contributed by atoms with E-state index >= 15 is 0 Å². The Balaban J connectivity index is 1.66. The normalized spacial score (nSPS) is 16.0. The van der Waals surface area contributed by atoms with Crippen LogP contribution in [-0.2, 0) is 4.79 Å². The first kappa shape index (κ1) is 18.5. The summed E-state index contributed by atoms with van der Waals surface area (Å²) in [5.41, 5.74) is 1.26. The van der Waals surface area contributed by atoms with Crippen molar-refractivity contribution in [1.29, 1.82) is 5.26 Å². The zero-order valence-electron chi connectivity index (χ0n) is 15.1. The Morgan fingerprint density at radius 1 is 1.27 bits per heavy atom. The number of carbonyl (C=O) groups is 1. The molecule has 1 atom stereocenters. The predicted octanol–water partition coefficient (Wildman–Crippen LogP) is 4.08. The van der Waals surface area contributed by atoms with Gasteiger partial charge in [0.2, 0.25) is 5.91 Å². The zero-order chi connectivity index (χ0) is 18.5. The second-order valence-corrected chi connectivity index (χ2v) is 7.94. The highest BCUT2D eigenvalue weighted by Crippen LogP contribution is 2.33. The molecule has 0 spiro atoms. The molecule has 1 aliphatic rings. The summed E-state index contributed by atoms with van der Waals surface area (Å²) in [6.07, 6.45) is 6.07. The number of thioether (sulfide) groups is 1. The number of nitrogens with one attached hydrogen (secondary N) is 1. The standard InChI is InChI=1S/C19H23N5OS/c1-13(18(25)21-16-10-8-15(12-20)9-11-16)26-19-23-22-14(2)24(19)17-6-4-3-5-7-17/h8-11,13,17H,3-7H2,1-2H3,(H,21,25)/t13-/m0/s1. The number of amides is 1. The van der Waals surface area contributed by atoms with Crippen molar-refractivity contribution in [3.8, 4) is 6.07 Å². The van der Waals surface area contributed by atoms with Crippen LogP contribution in [-0.4, -0.2) is 25.9 Å². The van der Waals surface area contributed by atoms with Gasteiger partial charge in [-0.2, -0.15) is 5.26 Å². The molecular formula is C19H23N5OS.